The highest BCUT2D eigenvalue weighted by molar-refractivity contribution is 5.71. The van der Waals surface area contributed by atoms with E-state index in [1.165, 1.54) is 167 Å². The zero-order valence-electron chi connectivity index (χ0n) is 40.2. The van der Waals surface area contributed by atoms with Gasteiger partial charge in [-0.25, -0.2) is 0 Å². The summed E-state index contributed by atoms with van der Waals surface area (Å²) in [6, 6.07) is 0. The molecular formula is C54H100O6. The number of unbranched alkanes of at least 4 members (excludes halogenated alkanes) is 33. The third-order valence-corrected chi connectivity index (χ3v) is 11.7. The molecule has 60 heavy (non-hydrogen) atoms. The Labute approximate surface area is 373 Å². The summed E-state index contributed by atoms with van der Waals surface area (Å²) in [7, 11) is 0. The van der Waals surface area contributed by atoms with Crippen molar-refractivity contribution in [2.24, 2.45) is 0 Å². The maximum Gasteiger partial charge on any atom is 0.306 e. The van der Waals surface area contributed by atoms with Crippen LogP contribution in [0.25, 0.3) is 0 Å². The zero-order valence-corrected chi connectivity index (χ0v) is 40.2. The molecule has 6 nitrogen and oxygen atoms in total. The normalized spacial score (nSPS) is 12.1. The number of carbonyl (C=O) groups excluding carboxylic acids is 3. The molecule has 0 aliphatic rings. The average Bonchev–Trinajstić information content (AvgIpc) is 3.24. The van der Waals surface area contributed by atoms with Crippen LogP contribution in [0, 0.1) is 0 Å². The number of rotatable bonds is 48. The minimum atomic E-state index is -0.777. The fourth-order valence-corrected chi connectivity index (χ4v) is 7.67. The number of carbonyl (C=O) groups is 3. The molecule has 0 aliphatic carbocycles. The van der Waals surface area contributed by atoms with Crippen molar-refractivity contribution in [2.45, 2.75) is 290 Å². The van der Waals surface area contributed by atoms with Gasteiger partial charge in [0.05, 0.1) is 0 Å². The molecule has 6 heteroatoms. The Morgan fingerprint density at radius 3 is 0.850 bits per heavy atom. The van der Waals surface area contributed by atoms with Crippen LogP contribution in [0.4, 0.5) is 0 Å². The van der Waals surface area contributed by atoms with E-state index in [0.717, 1.165) is 77.0 Å². The minimum absolute atomic E-state index is 0.0766. The second-order valence-corrected chi connectivity index (χ2v) is 17.8. The van der Waals surface area contributed by atoms with Crippen molar-refractivity contribution < 1.29 is 28.6 Å². The van der Waals surface area contributed by atoms with E-state index in [9.17, 15) is 14.4 Å². The van der Waals surface area contributed by atoms with Crippen LogP contribution in [-0.2, 0) is 28.6 Å². The number of allylic oxidation sites excluding steroid dienone is 4. The number of hydrogen-bond acceptors (Lipinski definition) is 6. The molecule has 0 radical (unpaired) electrons. The van der Waals surface area contributed by atoms with Crippen molar-refractivity contribution in [1.29, 1.82) is 0 Å². The molecule has 1 atom stereocenters. The van der Waals surface area contributed by atoms with E-state index < -0.39 is 6.10 Å². The van der Waals surface area contributed by atoms with E-state index in [2.05, 4.69) is 45.1 Å². The molecule has 0 fully saturated rings. The van der Waals surface area contributed by atoms with Crippen LogP contribution in [0.15, 0.2) is 24.3 Å². The van der Waals surface area contributed by atoms with Crippen molar-refractivity contribution in [3.63, 3.8) is 0 Å². The number of hydrogen-bond donors (Lipinski definition) is 0. The molecule has 0 aromatic heterocycles. The smallest absolute Gasteiger partial charge is 0.306 e. The van der Waals surface area contributed by atoms with Crippen molar-refractivity contribution in [3.05, 3.63) is 24.3 Å². The Morgan fingerprint density at radius 1 is 0.317 bits per heavy atom. The van der Waals surface area contributed by atoms with Gasteiger partial charge in [-0.2, -0.15) is 0 Å². The summed E-state index contributed by atoms with van der Waals surface area (Å²) < 4.78 is 16.8. The highest BCUT2D eigenvalue weighted by Crippen LogP contribution is 2.15. The lowest BCUT2D eigenvalue weighted by Crippen LogP contribution is -2.30. The maximum absolute atomic E-state index is 12.8. The Balaban J connectivity index is 4.32. The topological polar surface area (TPSA) is 78.9 Å². The van der Waals surface area contributed by atoms with Crippen molar-refractivity contribution >= 4 is 17.9 Å². The summed E-state index contributed by atoms with van der Waals surface area (Å²) in [6.07, 6.45) is 55.9. The van der Waals surface area contributed by atoms with Crippen LogP contribution in [0.1, 0.15) is 284 Å². The first-order valence-electron chi connectivity index (χ1n) is 26.3. The maximum atomic E-state index is 12.8. The van der Waals surface area contributed by atoms with Gasteiger partial charge in [-0.15, -0.1) is 0 Å². The lowest BCUT2D eigenvalue weighted by Gasteiger charge is -2.18. The summed E-state index contributed by atoms with van der Waals surface area (Å²) >= 11 is 0. The molecule has 0 bridgehead atoms. The fraction of sp³-hybridized carbons (Fsp3) is 0.870. The predicted molar refractivity (Wildman–Crippen MR) is 256 cm³/mol. The molecular weight excluding hydrogens is 745 g/mol. The summed E-state index contributed by atoms with van der Waals surface area (Å²) in [5.41, 5.74) is 0. The number of esters is 3. The molecule has 0 spiro atoms. The van der Waals surface area contributed by atoms with Crippen molar-refractivity contribution in [1.82, 2.24) is 0 Å². The van der Waals surface area contributed by atoms with Crippen molar-refractivity contribution in [3.8, 4) is 0 Å². The highest BCUT2D eigenvalue weighted by atomic mass is 16.6. The summed E-state index contributed by atoms with van der Waals surface area (Å²) in [4.78, 5) is 37.9. The third kappa shape index (κ3) is 46.9. The van der Waals surface area contributed by atoms with Gasteiger partial charge in [0.1, 0.15) is 13.2 Å². The van der Waals surface area contributed by atoms with E-state index >= 15 is 0 Å². The van der Waals surface area contributed by atoms with E-state index in [1.807, 2.05) is 0 Å². The van der Waals surface area contributed by atoms with Crippen LogP contribution in [0.3, 0.4) is 0 Å². The Kier molecular flexibility index (Phi) is 47.8. The molecule has 352 valence electrons. The third-order valence-electron chi connectivity index (χ3n) is 11.7. The molecule has 0 aromatic rings. The molecule has 0 aromatic carbocycles. The second-order valence-electron chi connectivity index (χ2n) is 17.8. The van der Waals surface area contributed by atoms with Crippen LogP contribution in [0.2, 0.25) is 0 Å². The molecule has 0 amide bonds. The van der Waals surface area contributed by atoms with Crippen molar-refractivity contribution in [2.75, 3.05) is 13.2 Å². The van der Waals surface area contributed by atoms with E-state index in [-0.39, 0.29) is 31.1 Å². The van der Waals surface area contributed by atoms with E-state index in [0.29, 0.717) is 19.3 Å². The standard InChI is InChI=1S/C54H100O6/c1-4-7-10-13-16-19-22-24-26-27-28-29-31-32-35-38-41-44-47-53(56)59-50-51(49-58-52(55)46-43-40-37-34-21-18-15-12-9-6-3)60-54(57)48-45-42-39-36-33-30-25-23-20-17-14-11-8-5-2/h28-30,33,51H,4-27,31-32,34-50H2,1-3H3/b29-28-,33-30-. The lowest BCUT2D eigenvalue weighted by atomic mass is 10.1. The minimum Gasteiger partial charge on any atom is -0.462 e. The second kappa shape index (κ2) is 49.5. The van der Waals surface area contributed by atoms with Crippen LogP contribution in [-0.4, -0.2) is 37.2 Å². The largest absolute Gasteiger partial charge is 0.462 e. The highest BCUT2D eigenvalue weighted by Gasteiger charge is 2.19. The van der Waals surface area contributed by atoms with Crippen LogP contribution < -0.4 is 0 Å². The summed E-state index contributed by atoms with van der Waals surface area (Å²) in [5.74, 6) is -0.891. The van der Waals surface area contributed by atoms with Gasteiger partial charge < -0.3 is 14.2 Å². The van der Waals surface area contributed by atoms with Gasteiger partial charge in [-0.3, -0.25) is 14.4 Å². The summed E-state index contributed by atoms with van der Waals surface area (Å²) in [5, 5.41) is 0. The first-order valence-corrected chi connectivity index (χ1v) is 26.3. The first-order chi connectivity index (χ1) is 29.5. The van der Waals surface area contributed by atoms with E-state index in [4.69, 9.17) is 14.2 Å². The Bertz CT molecular complexity index is 973. The quantitative estimate of drug-likeness (QED) is 0.0263. The monoisotopic (exact) mass is 845 g/mol. The van der Waals surface area contributed by atoms with Gasteiger partial charge in [-0.1, -0.05) is 218 Å². The molecule has 0 rings (SSSR count). The first kappa shape index (κ1) is 57.9. The molecule has 0 N–H and O–H groups in total. The van der Waals surface area contributed by atoms with Gasteiger partial charge >= 0.3 is 17.9 Å². The van der Waals surface area contributed by atoms with Gasteiger partial charge in [0.15, 0.2) is 6.10 Å². The van der Waals surface area contributed by atoms with Gasteiger partial charge in [-0.05, 0) is 70.6 Å². The van der Waals surface area contributed by atoms with E-state index in [1.54, 1.807) is 0 Å². The molecule has 0 heterocycles. The zero-order chi connectivity index (χ0) is 43.7. The molecule has 1 unspecified atom stereocenters. The summed E-state index contributed by atoms with van der Waals surface area (Å²) in [6.45, 7) is 6.63. The predicted octanol–water partition coefficient (Wildman–Crippen LogP) is 17.2. The Morgan fingerprint density at radius 2 is 0.550 bits per heavy atom. The number of ether oxygens (including phenoxy) is 3. The SMILES string of the molecule is CCCCCCCCC/C=C\CCCCCC(=O)OC(COC(=O)CCCCCCC/C=C\CCCCCCCCCCC)COC(=O)CCCCCCCCCCCC. The van der Waals surface area contributed by atoms with Gasteiger partial charge in [0.2, 0.25) is 0 Å². The van der Waals surface area contributed by atoms with Crippen LogP contribution in [0.5, 0.6) is 0 Å². The molecule has 0 saturated heterocycles. The average molecular weight is 845 g/mol. The van der Waals surface area contributed by atoms with Crippen LogP contribution >= 0.6 is 0 Å². The Hall–Kier alpha value is -2.11. The lowest BCUT2D eigenvalue weighted by molar-refractivity contribution is -0.167. The molecule has 0 aliphatic heterocycles. The molecule has 0 saturated carbocycles. The van der Waals surface area contributed by atoms with Gasteiger partial charge in [0.25, 0.3) is 0 Å². The van der Waals surface area contributed by atoms with Gasteiger partial charge in [0, 0.05) is 19.3 Å². The fourth-order valence-electron chi connectivity index (χ4n) is 7.67.